The van der Waals surface area contributed by atoms with Gasteiger partial charge in [0, 0.05) is 25.1 Å². The van der Waals surface area contributed by atoms with Crippen LogP contribution in [0.25, 0.3) is 0 Å². The van der Waals surface area contributed by atoms with Crippen LogP contribution in [0.5, 0.6) is 0 Å². The topological polar surface area (TPSA) is 105 Å². The quantitative estimate of drug-likeness (QED) is 0.387. The molecule has 8 nitrogen and oxygen atoms in total. The van der Waals surface area contributed by atoms with Gasteiger partial charge in [-0.3, -0.25) is 24.6 Å². The van der Waals surface area contributed by atoms with E-state index in [-0.39, 0.29) is 35.3 Å². The zero-order valence-electron chi connectivity index (χ0n) is 15.7. The molecule has 1 aliphatic rings. The fourth-order valence-electron chi connectivity index (χ4n) is 2.73. The number of thioether (sulfide) groups is 1. The van der Waals surface area contributed by atoms with Crippen LogP contribution in [0.15, 0.2) is 66.2 Å². The molecule has 0 aliphatic carbocycles. The first-order valence-electron chi connectivity index (χ1n) is 8.85. The number of nitro groups is 1. The zero-order valence-corrected chi connectivity index (χ0v) is 17.2. The van der Waals surface area contributed by atoms with Gasteiger partial charge in [0.1, 0.15) is 5.25 Å². The normalized spacial score (nSPS) is 17.2. The Morgan fingerprint density at radius 2 is 2.07 bits per heavy atom. The van der Waals surface area contributed by atoms with Gasteiger partial charge in [0.25, 0.3) is 5.69 Å². The van der Waals surface area contributed by atoms with Crippen molar-refractivity contribution in [3.8, 4) is 0 Å². The largest absolute Gasteiger partial charge is 0.325 e. The zero-order chi connectivity index (χ0) is 21.7. The number of benzene rings is 2. The molecule has 1 unspecified atom stereocenters. The number of rotatable bonds is 7. The molecule has 30 heavy (non-hydrogen) atoms. The van der Waals surface area contributed by atoms with Gasteiger partial charge in [-0.25, -0.2) is 4.99 Å². The predicted octanol–water partition coefficient (Wildman–Crippen LogP) is 4.39. The Morgan fingerprint density at radius 1 is 1.33 bits per heavy atom. The third-order valence-electron chi connectivity index (χ3n) is 4.12. The summed E-state index contributed by atoms with van der Waals surface area (Å²) in [6, 6.07) is 12.9. The Hall–Kier alpha value is -3.17. The number of nitrogens with zero attached hydrogens (tertiary/aromatic N) is 3. The van der Waals surface area contributed by atoms with Crippen molar-refractivity contribution < 1.29 is 14.5 Å². The number of hydrogen-bond acceptors (Lipinski definition) is 6. The van der Waals surface area contributed by atoms with Crippen molar-refractivity contribution in [2.75, 3.05) is 11.9 Å². The van der Waals surface area contributed by atoms with Crippen LogP contribution >= 0.6 is 23.4 Å². The molecule has 1 atom stereocenters. The number of amides is 2. The lowest BCUT2D eigenvalue weighted by molar-refractivity contribution is -0.384. The molecular weight excluding hydrogens is 428 g/mol. The van der Waals surface area contributed by atoms with Crippen molar-refractivity contribution in [3.05, 3.63) is 76.3 Å². The lowest BCUT2D eigenvalue weighted by Gasteiger charge is -2.13. The Morgan fingerprint density at radius 3 is 2.73 bits per heavy atom. The Labute approximate surface area is 181 Å². The van der Waals surface area contributed by atoms with E-state index in [1.165, 1.54) is 34.9 Å². The van der Waals surface area contributed by atoms with Gasteiger partial charge in [-0.15, -0.1) is 6.58 Å². The molecule has 1 N–H and O–H groups in total. The summed E-state index contributed by atoms with van der Waals surface area (Å²) in [5, 5.41) is 13.4. The van der Waals surface area contributed by atoms with Crippen molar-refractivity contribution in [2.24, 2.45) is 4.99 Å². The predicted molar refractivity (Wildman–Crippen MR) is 118 cm³/mol. The van der Waals surface area contributed by atoms with Gasteiger partial charge < -0.3 is 5.32 Å². The van der Waals surface area contributed by atoms with Gasteiger partial charge in [-0.1, -0.05) is 47.6 Å². The number of para-hydroxylation sites is 1. The summed E-state index contributed by atoms with van der Waals surface area (Å²) in [6.45, 7) is 3.94. The molecule has 0 saturated carbocycles. The second-order valence-corrected chi connectivity index (χ2v) is 7.82. The highest BCUT2D eigenvalue weighted by Gasteiger charge is 2.38. The molecular formula is C20H17ClN4O4S. The van der Waals surface area contributed by atoms with E-state index in [0.717, 1.165) is 0 Å². The molecule has 2 aromatic rings. The maximum absolute atomic E-state index is 12.8. The van der Waals surface area contributed by atoms with E-state index >= 15 is 0 Å². The van der Waals surface area contributed by atoms with Crippen LogP contribution in [0.2, 0.25) is 5.02 Å². The van der Waals surface area contributed by atoms with Gasteiger partial charge in [-0.2, -0.15) is 0 Å². The molecule has 3 rings (SSSR count). The number of amidine groups is 1. The first-order chi connectivity index (χ1) is 14.4. The number of carbonyl (C=O) groups is 2. The highest BCUT2D eigenvalue weighted by atomic mass is 35.5. The number of carbonyl (C=O) groups excluding carboxylic acids is 2. The number of anilines is 1. The van der Waals surface area contributed by atoms with Crippen LogP contribution < -0.4 is 5.32 Å². The first-order valence-corrected chi connectivity index (χ1v) is 10.1. The summed E-state index contributed by atoms with van der Waals surface area (Å²) in [5.41, 5.74) is 0.609. The molecule has 10 heteroatoms. The molecule has 2 amide bonds. The highest BCUT2D eigenvalue weighted by molar-refractivity contribution is 8.15. The van der Waals surface area contributed by atoms with Crippen molar-refractivity contribution in [1.29, 1.82) is 0 Å². The fraction of sp³-hybridized carbons (Fsp3) is 0.150. The number of nitro benzene ring substituents is 1. The standard InChI is InChI=1S/C20H17ClN4O4S/c1-2-10-24-19(27)17(30-20(24)22-13-6-4-3-5-7-13)12-18(26)23-16-11-14(25(28)29)8-9-15(16)21/h2-9,11,17H,1,10,12H2,(H,23,26). The minimum Gasteiger partial charge on any atom is -0.325 e. The first kappa shape index (κ1) is 21.5. The summed E-state index contributed by atoms with van der Waals surface area (Å²) < 4.78 is 0. The SMILES string of the molecule is C=CCN1C(=O)C(CC(=O)Nc2cc([N+](=O)[O-])ccc2Cl)SC1=Nc1ccccc1. The Bertz CT molecular complexity index is 1030. The monoisotopic (exact) mass is 444 g/mol. The molecule has 0 radical (unpaired) electrons. The number of aliphatic imine (C=N–C) groups is 1. The van der Waals surface area contributed by atoms with Gasteiger partial charge in [0.05, 0.1) is 21.3 Å². The maximum atomic E-state index is 12.8. The average Bonchev–Trinajstić information content (AvgIpc) is 2.99. The number of nitrogens with one attached hydrogen (secondary N) is 1. The molecule has 1 aliphatic heterocycles. The van der Waals surface area contributed by atoms with Crippen LogP contribution in [-0.4, -0.2) is 38.6 Å². The van der Waals surface area contributed by atoms with E-state index in [1.54, 1.807) is 6.08 Å². The van der Waals surface area contributed by atoms with E-state index in [0.29, 0.717) is 10.9 Å². The summed E-state index contributed by atoms with van der Waals surface area (Å²) >= 11 is 7.21. The number of non-ortho nitro benzene ring substituents is 1. The van der Waals surface area contributed by atoms with Crippen molar-refractivity contribution in [2.45, 2.75) is 11.7 Å². The average molecular weight is 445 g/mol. The van der Waals surface area contributed by atoms with E-state index < -0.39 is 16.1 Å². The second kappa shape index (κ2) is 9.55. The third kappa shape index (κ3) is 5.05. The molecule has 0 aromatic heterocycles. The minimum absolute atomic E-state index is 0.118. The fourth-order valence-corrected chi connectivity index (χ4v) is 4.06. The van der Waals surface area contributed by atoms with Crippen molar-refractivity contribution >= 4 is 57.4 Å². The van der Waals surface area contributed by atoms with Gasteiger partial charge in [0.2, 0.25) is 11.8 Å². The maximum Gasteiger partial charge on any atom is 0.271 e. The second-order valence-electron chi connectivity index (χ2n) is 6.25. The number of hydrogen-bond donors (Lipinski definition) is 1. The van der Waals surface area contributed by atoms with E-state index in [4.69, 9.17) is 11.6 Å². The minimum atomic E-state index is -0.676. The summed E-state index contributed by atoms with van der Waals surface area (Å²) in [7, 11) is 0. The van der Waals surface area contributed by atoms with Crippen LogP contribution in [-0.2, 0) is 9.59 Å². The Kier molecular flexibility index (Phi) is 6.86. The van der Waals surface area contributed by atoms with Gasteiger partial charge in [-0.05, 0) is 18.2 Å². The molecule has 154 valence electrons. The van der Waals surface area contributed by atoms with Crippen LogP contribution in [0.3, 0.4) is 0 Å². The van der Waals surface area contributed by atoms with E-state index in [1.807, 2.05) is 30.3 Å². The van der Waals surface area contributed by atoms with E-state index in [2.05, 4.69) is 16.9 Å². The molecule has 0 spiro atoms. The molecule has 1 heterocycles. The summed E-state index contributed by atoms with van der Waals surface area (Å²) in [4.78, 5) is 41.6. The highest BCUT2D eigenvalue weighted by Crippen LogP contribution is 2.32. The molecule has 0 bridgehead atoms. The lowest BCUT2D eigenvalue weighted by Crippen LogP contribution is -2.33. The van der Waals surface area contributed by atoms with Gasteiger partial charge >= 0.3 is 0 Å². The van der Waals surface area contributed by atoms with Crippen molar-refractivity contribution in [1.82, 2.24) is 4.90 Å². The lowest BCUT2D eigenvalue weighted by atomic mass is 10.2. The molecule has 1 saturated heterocycles. The number of halogens is 1. The van der Waals surface area contributed by atoms with Gasteiger partial charge in [0.15, 0.2) is 5.17 Å². The smallest absolute Gasteiger partial charge is 0.271 e. The Balaban J connectivity index is 1.75. The molecule has 1 fully saturated rings. The van der Waals surface area contributed by atoms with E-state index in [9.17, 15) is 19.7 Å². The van der Waals surface area contributed by atoms with Crippen LogP contribution in [0.1, 0.15) is 6.42 Å². The third-order valence-corrected chi connectivity index (χ3v) is 5.62. The summed E-state index contributed by atoms with van der Waals surface area (Å²) in [6.07, 6.45) is 1.45. The van der Waals surface area contributed by atoms with Crippen LogP contribution in [0.4, 0.5) is 17.1 Å². The van der Waals surface area contributed by atoms with Crippen molar-refractivity contribution in [3.63, 3.8) is 0 Å². The molecule has 2 aromatic carbocycles. The summed E-state index contributed by atoms with van der Waals surface area (Å²) in [5.74, 6) is -0.738. The van der Waals surface area contributed by atoms with Crippen LogP contribution in [0, 0.1) is 10.1 Å².